The molecule has 3 atom stereocenters. The molecular weight excluding hydrogens is 300 g/mol. The van der Waals surface area contributed by atoms with E-state index in [0.29, 0.717) is 12.8 Å². The van der Waals surface area contributed by atoms with Crippen molar-refractivity contribution in [2.75, 3.05) is 6.61 Å². The molecule has 3 aliphatic rings. The van der Waals surface area contributed by atoms with Crippen LogP contribution in [-0.2, 0) is 28.6 Å². The van der Waals surface area contributed by atoms with Gasteiger partial charge in [-0.1, -0.05) is 27.7 Å². The van der Waals surface area contributed by atoms with E-state index in [1.54, 1.807) is 6.92 Å². The van der Waals surface area contributed by atoms with Gasteiger partial charge in [-0.25, -0.2) is 9.59 Å². The molecule has 0 N–H and O–H groups in total. The van der Waals surface area contributed by atoms with Gasteiger partial charge in [-0.15, -0.1) is 0 Å². The van der Waals surface area contributed by atoms with Crippen molar-refractivity contribution in [3.8, 4) is 0 Å². The van der Waals surface area contributed by atoms with Crippen molar-refractivity contribution >= 4 is 17.9 Å². The minimum atomic E-state index is -1.39. The number of hydrogen-bond donors (Lipinski definition) is 0. The van der Waals surface area contributed by atoms with Gasteiger partial charge in [0, 0.05) is 10.8 Å². The fourth-order valence-electron chi connectivity index (χ4n) is 3.95. The van der Waals surface area contributed by atoms with Crippen LogP contribution in [0.2, 0.25) is 0 Å². The third-order valence-electron chi connectivity index (χ3n) is 6.96. The van der Waals surface area contributed by atoms with E-state index >= 15 is 0 Å². The zero-order valence-corrected chi connectivity index (χ0v) is 14.6. The molecule has 2 saturated heterocycles. The molecule has 1 saturated carbocycles. The first-order chi connectivity index (χ1) is 10.3. The van der Waals surface area contributed by atoms with Crippen LogP contribution >= 0.6 is 0 Å². The molecule has 0 aromatic carbocycles. The van der Waals surface area contributed by atoms with E-state index < -0.39 is 39.4 Å². The van der Waals surface area contributed by atoms with Gasteiger partial charge in [0.05, 0.1) is 5.41 Å². The second-order valence-electron chi connectivity index (χ2n) is 8.56. The van der Waals surface area contributed by atoms with Crippen molar-refractivity contribution < 1.29 is 28.6 Å². The zero-order valence-electron chi connectivity index (χ0n) is 14.6. The molecule has 1 aliphatic carbocycles. The number of rotatable bonds is 2. The van der Waals surface area contributed by atoms with Crippen LogP contribution in [0.5, 0.6) is 0 Å². The molecule has 0 amide bonds. The number of ether oxygens (including phenoxy) is 3. The van der Waals surface area contributed by atoms with Gasteiger partial charge < -0.3 is 14.2 Å². The lowest BCUT2D eigenvalue weighted by atomic mass is 9.66. The fourth-order valence-corrected chi connectivity index (χ4v) is 3.95. The molecule has 2 aliphatic heterocycles. The molecule has 2 heterocycles. The predicted molar refractivity (Wildman–Crippen MR) is 79.2 cm³/mol. The highest BCUT2D eigenvalue weighted by Gasteiger charge is 2.77. The summed E-state index contributed by atoms with van der Waals surface area (Å²) in [6.45, 7) is 10.9. The van der Waals surface area contributed by atoms with Gasteiger partial charge in [-0.05, 0) is 26.7 Å². The summed E-state index contributed by atoms with van der Waals surface area (Å²) in [6.07, 6.45) is 0.977. The number of hydrogen-bond acceptors (Lipinski definition) is 6. The Morgan fingerprint density at radius 1 is 1.00 bits per heavy atom. The van der Waals surface area contributed by atoms with E-state index in [1.165, 1.54) is 0 Å². The van der Waals surface area contributed by atoms with E-state index in [2.05, 4.69) is 0 Å². The summed E-state index contributed by atoms with van der Waals surface area (Å²) in [7, 11) is 0. The van der Waals surface area contributed by atoms with E-state index in [-0.39, 0.29) is 12.6 Å². The quantitative estimate of drug-likeness (QED) is 0.571. The first-order valence-corrected chi connectivity index (χ1v) is 7.98. The van der Waals surface area contributed by atoms with Crippen molar-refractivity contribution in [3.63, 3.8) is 0 Å². The first-order valence-electron chi connectivity index (χ1n) is 7.98. The van der Waals surface area contributed by atoms with Crippen molar-refractivity contribution in [1.82, 2.24) is 0 Å². The third-order valence-corrected chi connectivity index (χ3v) is 6.96. The van der Waals surface area contributed by atoms with Crippen LogP contribution in [-0.4, -0.2) is 35.7 Å². The Hall–Kier alpha value is -1.59. The maximum Gasteiger partial charge on any atom is 0.352 e. The van der Waals surface area contributed by atoms with Crippen LogP contribution in [0.15, 0.2) is 0 Å². The van der Waals surface area contributed by atoms with E-state index in [9.17, 15) is 14.4 Å². The second kappa shape index (κ2) is 4.08. The van der Waals surface area contributed by atoms with Crippen LogP contribution in [0.1, 0.15) is 54.4 Å². The third kappa shape index (κ3) is 1.57. The smallest absolute Gasteiger partial charge is 0.352 e. The summed E-state index contributed by atoms with van der Waals surface area (Å²) in [5.41, 5.74) is -4.77. The van der Waals surface area contributed by atoms with Gasteiger partial charge in [-0.2, -0.15) is 0 Å². The molecule has 2 bridgehead atoms. The summed E-state index contributed by atoms with van der Waals surface area (Å²) in [5, 5.41) is 0. The van der Waals surface area contributed by atoms with Crippen molar-refractivity contribution in [2.45, 2.75) is 65.6 Å². The van der Waals surface area contributed by atoms with Crippen LogP contribution in [0.25, 0.3) is 0 Å². The van der Waals surface area contributed by atoms with Crippen molar-refractivity contribution in [2.24, 2.45) is 16.2 Å². The van der Waals surface area contributed by atoms with E-state index in [4.69, 9.17) is 14.2 Å². The summed E-state index contributed by atoms with van der Waals surface area (Å²) >= 11 is 0. The molecule has 0 radical (unpaired) electrons. The highest BCUT2D eigenvalue weighted by molar-refractivity contribution is 5.95. The van der Waals surface area contributed by atoms with Crippen LogP contribution in [0.3, 0.4) is 0 Å². The Bertz CT molecular complexity index is 621. The number of cyclic esters (lactones) is 1. The largest absolute Gasteiger partial charge is 0.462 e. The topological polar surface area (TPSA) is 78.9 Å². The standard InChI is InChI=1S/C17H24O6/c1-13(2)9-21-11(19)16(13,6)22-12(20)17-8-7-15(5,10(18)23-17)14(17,3)4/h7-9H2,1-6H3/t15-,16+,17+/m0/s1. The number of esters is 3. The van der Waals surface area contributed by atoms with E-state index in [1.807, 2.05) is 34.6 Å². The van der Waals surface area contributed by atoms with Crippen LogP contribution in [0.4, 0.5) is 0 Å². The van der Waals surface area contributed by atoms with Gasteiger partial charge in [0.2, 0.25) is 11.2 Å². The zero-order chi connectivity index (χ0) is 17.5. The Labute approximate surface area is 135 Å². The number of carbonyl (C=O) groups excluding carboxylic acids is 3. The molecule has 3 fully saturated rings. The summed E-state index contributed by atoms with van der Waals surface area (Å²) in [4.78, 5) is 37.4. The number of fused-ring (bicyclic) bond motifs is 2. The Morgan fingerprint density at radius 3 is 2.00 bits per heavy atom. The maximum absolute atomic E-state index is 13.0. The second-order valence-corrected chi connectivity index (χ2v) is 8.56. The Balaban J connectivity index is 1.96. The molecule has 6 nitrogen and oxygen atoms in total. The van der Waals surface area contributed by atoms with E-state index in [0.717, 1.165) is 0 Å². The molecule has 0 spiro atoms. The van der Waals surface area contributed by atoms with Gasteiger partial charge in [-0.3, -0.25) is 4.79 Å². The molecule has 3 rings (SSSR count). The minimum absolute atomic E-state index is 0.184. The number of carbonyl (C=O) groups is 3. The molecule has 23 heavy (non-hydrogen) atoms. The lowest BCUT2D eigenvalue weighted by molar-refractivity contribution is -0.201. The first kappa shape index (κ1) is 16.3. The molecular formula is C17H24O6. The van der Waals surface area contributed by atoms with Gasteiger partial charge in [0.1, 0.15) is 6.61 Å². The fraction of sp³-hybridized carbons (Fsp3) is 0.824. The lowest BCUT2D eigenvalue weighted by Gasteiger charge is -2.39. The van der Waals surface area contributed by atoms with Crippen molar-refractivity contribution in [1.29, 1.82) is 0 Å². The van der Waals surface area contributed by atoms with Gasteiger partial charge in [0.25, 0.3) is 0 Å². The average Bonchev–Trinajstić information content (AvgIpc) is 2.83. The van der Waals surface area contributed by atoms with Gasteiger partial charge >= 0.3 is 17.9 Å². The maximum atomic E-state index is 13.0. The minimum Gasteiger partial charge on any atom is -0.462 e. The predicted octanol–water partition coefficient (Wildman–Crippen LogP) is 1.99. The SMILES string of the molecule is CC1(C)COC(=O)[C@@]1(C)OC(=O)[C@@]12CC[C@@](C)(C(=O)O1)C2(C)C. The summed E-state index contributed by atoms with van der Waals surface area (Å²) in [5.74, 6) is -1.58. The van der Waals surface area contributed by atoms with Crippen LogP contribution < -0.4 is 0 Å². The lowest BCUT2D eigenvalue weighted by Crippen LogP contribution is -2.55. The Kier molecular flexibility index (Phi) is 2.89. The molecule has 0 unspecified atom stereocenters. The summed E-state index contributed by atoms with van der Waals surface area (Å²) in [6, 6.07) is 0. The monoisotopic (exact) mass is 324 g/mol. The molecule has 0 aromatic heterocycles. The normalized spacial score (nSPS) is 43.2. The molecule has 0 aromatic rings. The summed E-state index contributed by atoms with van der Waals surface area (Å²) < 4.78 is 16.3. The van der Waals surface area contributed by atoms with Crippen LogP contribution in [0, 0.1) is 16.2 Å². The Morgan fingerprint density at radius 2 is 1.61 bits per heavy atom. The highest BCUT2D eigenvalue weighted by atomic mass is 16.6. The molecule has 6 heteroatoms. The van der Waals surface area contributed by atoms with Crippen molar-refractivity contribution in [3.05, 3.63) is 0 Å². The van der Waals surface area contributed by atoms with Gasteiger partial charge in [0.15, 0.2) is 0 Å². The molecule has 128 valence electrons. The highest BCUT2D eigenvalue weighted by Crippen LogP contribution is 2.66. The average molecular weight is 324 g/mol.